The van der Waals surface area contributed by atoms with E-state index in [-0.39, 0.29) is 34.9 Å². The monoisotopic (exact) mass is 472 g/mol. The summed E-state index contributed by atoms with van der Waals surface area (Å²) in [7, 11) is 0. The smallest absolute Gasteiger partial charge is 0.278 e. The number of anilines is 2. The quantitative estimate of drug-likeness (QED) is 0.458. The highest BCUT2D eigenvalue weighted by Gasteiger charge is 2.26. The van der Waals surface area contributed by atoms with Crippen molar-refractivity contribution < 1.29 is 4.39 Å². The number of hydrogen-bond acceptors (Lipinski definition) is 7. The molecule has 1 aliphatic rings. The lowest BCUT2D eigenvalue weighted by molar-refractivity contribution is 0.527. The van der Waals surface area contributed by atoms with Crippen molar-refractivity contribution in [1.82, 2.24) is 29.6 Å². The van der Waals surface area contributed by atoms with Crippen LogP contribution in [0.2, 0.25) is 0 Å². The molecule has 0 aliphatic carbocycles. The molecule has 178 valence electrons. The molecule has 1 aliphatic heterocycles. The summed E-state index contributed by atoms with van der Waals surface area (Å²) in [4.78, 5) is 26.4. The van der Waals surface area contributed by atoms with E-state index in [2.05, 4.69) is 37.7 Å². The molecule has 4 aromatic rings. The molecule has 0 unspecified atom stereocenters. The van der Waals surface area contributed by atoms with Gasteiger partial charge in [0.15, 0.2) is 17.3 Å². The van der Waals surface area contributed by atoms with E-state index in [0.717, 1.165) is 25.2 Å². The summed E-state index contributed by atoms with van der Waals surface area (Å²) in [6.07, 6.45) is 2.42. The Labute approximate surface area is 201 Å². The van der Waals surface area contributed by atoms with Crippen LogP contribution in [-0.2, 0) is 24.9 Å². The van der Waals surface area contributed by atoms with Gasteiger partial charge in [0.1, 0.15) is 5.39 Å². The van der Waals surface area contributed by atoms with Crippen LogP contribution in [0.4, 0.5) is 16.0 Å². The van der Waals surface area contributed by atoms with Crippen molar-refractivity contribution in [3.63, 3.8) is 0 Å². The number of fused-ring (bicyclic) bond motifs is 2. The first-order valence-corrected chi connectivity index (χ1v) is 11.5. The molecule has 5 rings (SSSR count). The molecule has 1 aromatic carbocycles. The number of aromatic nitrogens is 5. The molecule has 0 spiro atoms. The molecule has 0 bridgehead atoms. The Morgan fingerprint density at radius 1 is 1.23 bits per heavy atom. The molecule has 10 heteroatoms. The highest BCUT2D eigenvalue weighted by molar-refractivity contribution is 5.77. The zero-order valence-corrected chi connectivity index (χ0v) is 19.8. The maximum Gasteiger partial charge on any atom is 0.278 e. The van der Waals surface area contributed by atoms with Gasteiger partial charge in [0.2, 0.25) is 5.95 Å². The van der Waals surface area contributed by atoms with E-state index in [1.165, 1.54) is 38.8 Å². The van der Waals surface area contributed by atoms with Crippen LogP contribution in [0.1, 0.15) is 37.6 Å². The molecule has 4 heterocycles. The van der Waals surface area contributed by atoms with Gasteiger partial charge in [0.05, 0.1) is 17.2 Å². The number of nitriles is 1. The predicted molar refractivity (Wildman–Crippen MR) is 130 cm³/mol. The van der Waals surface area contributed by atoms with Crippen LogP contribution in [0.3, 0.4) is 0 Å². The Hall–Kier alpha value is -4.10. The van der Waals surface area contributed by atoms with Crippen molar-refractivity contribution in [2.24, 2.45) is 0 Å². The lowest BCUT2D eigenvalue weighted by Gasteiger charge is -2.18. The van der Waals surface area contributed by atoms with E-state index in [0.29, 0.717) is 5.69 Å². The van der Waals surface area contributed by atoms with E-state index in [1.807, 2.05) is 12.1 Å². The van der Waals surface area contributed by atoms with E-state index in [1.54, 1.807) is 20.8 Å². The van der Waals surface area contributed by atoms with Crippen LogP contribution in [-0.4, -0.2) is 30.9 Å². The molecule has 0 amide bonds. The third-order valence-electron chi connectivity index (χ3n) is 6.27. The Kier molecular flexibility index (Phi) is 5.57. The van der Waals surface area contributed by atoms with Crippen LogP contribution in [0.15, 0.2) is 41.3 Å². The molecule has 0 atom stereocenters. The van der Waals surface area contributed by atoms with E-state index in [9.17, 15) is 10.1 Å². The second-order valence-electron chi connectivity index (χ2n) is 9.04. The molecule has 0 saturated heterocycles. The highest BCUT2D eigenvalue weighted by Crippen LogP contribution is 2.25. The number of halogens is 1. The fourth-order valence-corrected chi connectivity index (χ4v) is 4.26. The second kappa shape index (κ2) is 8.60. The number of rotatable bonds is 5. The molecule has 3 aromatic heterocycles. The normalized spacial score (nSPS) is 13.5. The number of hydrogen-bond donors (Lipinski definition) is 2. The van der Waals surface area contributed by atoms with E-state index >= 15 is 4.39 Å². The van der Waals surface area contributed by atoms with Gasteiger partial charge in [-0.3, -0.25) is 4.79 Å². The molecule has 0 radical (unpaired) electrons. The van der Waals surface area contributed by atoms with Gasteiger partial charge in [-0.15, -0.1) is 0 Å². The van der Waals surface area contributed by atoms with Crippen molar-refractivity contribution in [3.8, 4) is 11.9 Å². The van der Waals surface area contributed by atoms with Crippen molar-refractivity contribution >= 4 is 22.7 Å². The zero-order valence-electron chi connectivity index (χ0n) is 19.8. The zero-order chi connectivity index (χ0) is 24.7. The van der Waals surface area contributed by atoms with Gasteiger partial charge in [0.25, 0.3) is 5.56 Å². The van der Waals surface area contributed by atoms with Crippen molar-refractivity contribution in [2.45, 2.75) is 45.7 Å². The number of nitrogens with one attached hydrogen (secondary N) is 2. The first-order chi connectivity index (χ1) is 16.8. The average molecular weight is 473 g/mol. The third-order valence-corrected chi connectivity index (χ3v) is 6.27. The third kappa shape index (κ3) is 3.94. The lowest BCUT2D eigenvalue weighted by Crippen LogP contribution is -2.24. The Morgan fingerprint density at radius 2 is 2.06 bits per heavy atom. The van der Waals surface area contributed by atoms with Gasteiger partial charge in [-0.1, -0.05) is 6.07 Å². The van der Waals surface area contributed by atoms with Crippen LogP contribution in [0.25, 0.3) is 16.9 Å². The highest BCUT2D eigenvalue weighted by atomic mass is 19.1. The number of nitrogens with zero attached hydrogens (tertiary/aromatic N) is 6. The second-order valence-corrected chi connectivity index (χ2v) is 9.04. The maximum absolute atomic E-state index is 15.1. The minimum atomic E-state index is -0.939. The van der Waals surface area contributed by atoms with Gasteiger partial charge in [-0.25, -0.2) is 23.7 Å². The predicted octanol–water partition coefficient (Wildman–Crippen LogP) is 3.33. The van der Waals surface area contributed by atoms with Gasteiger partial charge >= 0.3 is 0 Å². The van der Waals surface area contributed by atoms with Crippen molar-refractivity contribution in [2.75, 3.05) is 11.9 Å². The van der Waals surface area contributed by atoms with Crippen LogP contribution >= 0.6 is 0 Å². The van der Waals surface area contributed by atoms with E-state index < -0.39 is 11.2 Å². The van der Waals surface area contributed by atoms with Gasteiger partial charge in [0, 0.05) is 25.0 Å². The molecule has 35 heavy (non-hydrogen) atoms. The maximum atomic E-state index is 15.1. The topological polar surface area (TPSA) is 113 Å². The molecule has 0 fully saturated rings. The van der Waals surface area contributed by atoms with Crippen molar-refractivity contribution in [1.29, 1.82) is 5.26 Å². The SMILES string of the molecule is CCn1c(=O)c2cnc(Nc3ccc4c(c3)CNCC4)nc2n1-c1nc(C(C)(C)C#N)ccc1F. The summed E-state index contributed by atoms with van der Waals surface area (Å²) in [6.45, 7) is 7.22. The van der Waals surface area contributed by atoms with Crippen LogP contribution in [0.5, 0.6) is 0 Å². The molecule has 2 N–H and O–H groups in total. The summed E-state index contributed by atoms with van der Waals surface area (Å²) < 4.78 is 17.8. The largest absolute Gasteiger partial charge is 0.324 e. The fourth-order valence-electron chi connectivity index (χ4n) is 4.26. The summed E-state index contributed by atoms with van der Waals surface area (Å²) >= 11 is 0. The first-order valence-electron chi connectivity index (χ1n) is 11.5. The van der Waals surface area contributed by atoms with Gasteiger partial charge in [-0.2, -0.15) is 10.2 Å². The van der Waals surface area contributed by atoms with Crippen LogP contribution in [0, 0.1) is 17.1 Å². The van der Waals surface area contributed by atoms with Crippen LogP contribution < -0.4 is 16.2 Å². The summed E-state index contributed by atoms with van der Waals surface area (Å²) in [5.41, 5.74) is 2.67. The minimum Gasteiger partial charge on any atom is -0.324 e. The number of pyridine rings is 1. The molecule has 9 nitrogen and oxygen atoms in total. The number of benzene rings is 1. The molecular weight excluding hydrogens is 447 g/mol. The van der Waals surface area contributed by atoms with Gasteiger partial charge < -0.3 is 10.6 Å². The average Bonchev–Trinajstić information content (AvgIpc) is 3.14. The summed E-state index contributed by atoms with van der Waals surface area (Å²) in [6, 6.07) is 11.0. The van der Waals surface area contributed by atoms with Crippen molar-refractivity contribution in [3.05, 3.63) is 69.5 Å². The fraction of sp³-hybridized carbons (Fsp3) is 0.320. The summed E-state index contributed by atoms with van der Waals surface area (Å²) in [5.74, 6) is -0.446. The lowest BCUT2D eigenvalue weighted by atomic mass is 9.91. The first kappa shape index (κ1) is 22.7. The Balaban J connectivity index is 1.64. The molecular formula is C25H25FN8O. The summed E-state index contributed by atoms with van der Waals surface area (Å²) in [5, 5.41) is 16.3. The van der Waals surface area contributed by atoms with E-state index in [4.69, 9.17) is 0 Å². The molecule has 0 saturated carbocycles. The minimum absolute atomic E-state index is 0.0933. The standard InChI is InChI=1S/C25H25FN8O/c1-4-33-23(35)18-13-29-24(30-17-6-5-15-9-10-28-12-16(15)11-17)32-21(18)34(33)22-19(26)7-8-20(31-22)25(2,3)14-27/h5-8,11,13,28H,4,9-10,12H2,1-3H3,(H,29,30,32). The van der Waals surface area contributed by atoms with Gasteiger partial charge in [-0.05, 0) is 69.1 Å². The Bertz CT molecular complexity index is 1550. The Morgan fingerprint density at radius 3 is 2.83 bits per heavy atom.